The number of nitrogen functional groups attached to an aromatic ring is 1. The monoisotopic (exact) mass is 272 g/mol. The van der Waals surface area contributed by atoms with Gasteiger partial charge in [0.25, 0.3) is 0 Å². The van der Waals surface area contributed by atoms with E-state index < -0.39 is 5.82 Å². The van der Waals surface area contributed by atoms with E-state index in [2.05, 4.69) is 5.32 Å². The number of amides is 1. The molecule has 1 aromatic rings. The predicted molar refractivity (Wildman–Crippen MR) is 71.0 cm³/mol. The second kappa shape index (κ2) is 7.23. The topological polar surface area (TPSA) is 64.3 Å². The standard InChI is InChI=1S/C12H17FN2O2S/c1-8(12(16)15-3-4-17-2)18-11-6-9(13)5-10(14)7-11/h5-8H,3-4,14H2,1-2H3,(H,15,16). The summed E-state index contributed by atoms with van der Waals surface area (Å²) in [4.78, 5) is 12.3. The summed E-state index contributed by atoms with van der Waals surface area (Å²) >= 11 is 1.27. The summed E-state index contributed by atoms with van der Waals surface area (Å²) in [5.74, 6) is -0.510. The van der Waals surface area contributed by atoms with Crippen LogP contribution in [0.25, 0.3) is 0 Å². The zero-order chi connectivity index (χ0) is 13.5. The lowest BCUT2D eigenvalue weighted by atomic mass is 10.3. The number of rotatable bonds is 6. The first-order valence-electron chi connectivity index (χ1n) is 5.52. The van der Waals surface area contributed by atoms with Gasteiger partial charge in [-0.05, 0) is 25.1 Å². The Labute approximate surface area is 110 Å². The molecule has 4 nitrogen and oxygen atoms in total. The van der Waals surface area contributed by atoms with E-state index in [1.807, 2.05) is 0 Å². The third-order valence-corrected chi connectivity index (χ3v) is 3.26. The van der Waals surface area contributed by atoms with Crippen LogP contribution < -0.4 is 11.1 Å². The molecular weight excluding hydrogens is 255 g/mol. The van der Waals surface area contributed by atoms with Crippen molar-refractivity contribution in [2.45, 2.75) is 17.1 Å². The van der Waals surface area contributed by atoms with Gasteiger partial charge in [-0.1, -0.05) is 0 Å². The molecule has 0 aromatic heterocycles. The maximum atomic E-state index is 13.1. The van der Waals surface area contributed by atoms with Crippen molar-refractivity contribution in [3.63, 3.8) is 0 Å². The molecule has 18 heavy (non-hydrogen) atoms. The fourth-order valence-corrected chi connectivity index (χ4v) is 2.31. The van der Waals surface area contributed by atoms with Gasteiger partial charge in [-0.2, -0.15) is 0 Å². The fraction of sp³-hybridized carbons (Fsp3) is 0.417. The van der Waals surface area contributed by atoms with Crippen molar-refractivity contribution in [3.8, 4) is 0 Å². The lowest BCUT2D eigenvalue weighted by molar-refractivity contribution is -0.120. The Bertz CT molecular complexity index is 395. The lowest BCUT2D eigenvalue weighted by Crippen LogP contribution is -2.33. The van der Waals surface area contributed by atoms with Crippen LogP contribution in [0.15, 0.2) is 23.1 Å². The zero-order valence-corrected chi connectivity index (χ0v) is 11.2. The molecule has 0 bridgehead atoms. The molecule has 0 aliphatic heterocycles. The normalized spacial score (nSPS) is 12.2. The molecule has 0 spiro atoms. The minimum Gasteiger partial charge on any atom is -0.399 e. The van der Waals surface area contributed by atoms with Crippen LogP contribution in [0, 0.1) is 5.82 Å². The maximum absolute atomic E-state index is 13.1. The first kappa shape index (κ1) is 14.8. The lowest BCUT2D eigenvalue weighted by Gasteiger charge is -2.12. The number of anilines is 1. The predicted octanol–water partition coefficient (Wildman–Crippen LogP) is 1.65. The molecule has 1 rings (SSSR count). The number of carbonyl (C=O) groups is 1. The second-order valence-electron chi connectivity index (χ2n) is 3.76. The van der Waals surface area contributed by atoms with Gasteiger partial charge in [-0.25, -0.2) is 4.39 Å². The summed E-state index contributed by atoms with van der Waals surface area (Å²) in [6.07, 6.45) is 0. The van der Waals surface area contributed by atoms with Crippen molar-refractivity contribution in [2.75, 3.05) is 26.0 Å². The van der Waals surface area contributed by atoms with Crippen molar-refractivity contribution in [2.24, 2.45) is 0 Å². The molecule has 0 aliphatic carbocycles. The number of carbonyl (C=O) groups excluding carboxylic acids is 1. The summed E-state index contributed by atoms with van der Waals surface area (Å²) in [5, 5.41) is 2.41. The Morgan fingerprint density at radius 1 is 1.56 bits per heavy atom. The van der Waals surface area contributed by atoms with Gasteiger partial charge in [0, 0.05) is 24.2 Å². The Kier molecular flexibility index (Phi) is 5.94. The highest BCUT2D eigenvalue weighted by atomic mass is 32.2. The van der Waals surface area contributed by atoms with Gasteiger partial charge in [0.1, 0.15) is 5.82 Å². The van der Waals surface area contributed by atoms with E-state index >= 15 is 0 Å². The van der Waals surface area contributed by atoms with Crippen LogP contribution in [0.4, 0.5) is 10.1 Å². The van der Waals surface area contributed by atoms with Crippen molar-refractivity contribution in [3.05, 3.63) is 24.0 Å². The van der Waals surface area contributed by atoms with E-state index in [0.29, 0.717) is 23.7 Å². The highest BCUT2D eigenvalue weighted by Gasteiger charge is 2.14. The van der Waals surface area contributed by atoms with Crippen LogP contribution in [0.3, 0.4) is 0 Å². The molecule has 0 heterocycles. The van der Waals surface area contributed by atoms with Crippen LogP contribution in [-0.2, 0) is 9.53 Å². The number of hydrogen-bond acceptors (Lipinski definition) is 4. The van der Waals surface area contributed by atoms with Gasteiger partial charge >= 0.3 is 0 Å². The zero-order valence-electron chi connectivity index (χ0n) is 10.4. The van der Waals surface area contributed by atoms with Gasteiger partial charge in [0.2, 0.25) is 5.91 Å². The van der Waals surface area contributed by atoms with Gasteiger partial charge in [-0.15, -0.1) is 11.8 Å². The summed E-state index contributed by atoms with van der Waals surface area (Å²) < 4.78 is 18.0. The number of hydrogen-bond donors (Lipinski definition) is 2. The molecule has 0 saturated carbocycles. The smallest absolute Gasteiger partial charge is 0.233 e. The fourth-order valence-electron chi connectivity index (χ4n) is 1.33. The van der Waals surface area contributed by atoms with Gasteiger partial charge in [-0.3, -0.25) is 4.79 Å². The largest absolute Gasteiger partial charge is 0.399 e. The molecule has 1 atom stereocenters. The first-order valence-corrected chi connectivity index (χ1v) is 6.40. The highest BCUT2D eigenvalue weighted by Crippen LogP contribution is 2.26. The number of methoxy groups -OCH3 is 1. The van der Waals surface area contributed by atoms with E-state index in [-0.39, 0.29) is 11.2 Å². The van der Waals surface area contributed by atoms with E-state index in [0.717, 1.165) is 0 Å². The van der Waals surface area contributed by atoms with Crippen LogP contribution in [0.2, 0.25) is 0 Å². The number of halogens is 1. The minimum atomic E-state index is -0.399. The highest BCUT2D eigenvalue weighted by molar-refractivity contribution is 8.00. The number of benzene rings is 1. The van der Waals surface area contributed by atoms with Gasteiger partial charge in [0.15, 0.2) is 0 Å². The van der Waals surface area contributed by atoms with E-state index in [9.17, 15) is 9.18 Å². The molecule has 0 aliphatic rings. The number of nitrogens with two attached hydrogens (primary N) is 1. The minimum absolute atomic E-state index is 0.111. The van der Waals surface area contributed by atoms with Gasteiger partial charge < -0.3 is 15.8 Å². The Morgan fingerprint density at radius 3 is 2.89 bits per heavy atom. The van der Waals surface area contributed by atoms with E-state index in [1.54, 1.807) is 20.1 Å². The molecule has 1 unspecified atom stereocenters. The molecule has 3 N–H and O–H groups in total. The first-order chi connectivity index (χ1) is 8.52. The Hall–Kier alpha value is -1.27. The number of nitrogens with one attached hydrogen (secondary N) is 1. The van der Waals surface area contributed by atoms with Gasteiger partial charge in [0.05, 0.1) is 11.9 Å². The molecule has 0 fully saturated rings. The van der Waals surface area contributed by atoms with E-state index in [1.165, 1.54) is 23.9 Å². The third-order valence-electron chi connectivity index (χ3n) is 2.18. The second-order valence-corrected chi connectivity index (χ2v) is 5.18. The average Bonchev–Trinajstić information content (AvgIpc) is 2.27. The number of ether oxygens (including phenoxy) is 1. The summed E-state index contributed by atoms with van der Waals surface area (Å²) in [5.41, 5.74) is 5.89. The molecule has 0 radical (unpaired) electrons. The van der Waals surface area contributed by atoms with Crippen LogP contribution in [-0.4, -0.2) is 31.4 Å². The van der Waals surface area contributed by atoms with Crippen LogP contribution >= 0.6 is 11.8 Å². The van der Waals surface area contributed by atoms with Crippen LogP contribution in [0.5, 0.6) is 0 Å². The van der Waals surface area contributed by atoms with Crippen molar-refractivity contribution < 1.29 is 13.9 Å². The Morgan fingerprint density at radius 2 is 2.28 bits per heavy atom. The van der Waals surface area contributed by atoms with E-state index in [4.69, 9.17) is 10.5 Å². The SMILES string of the molecule is COCCNC(=O)C(C)Sc1cc(N)cc(F)c1. The number of thioether (sulfide) groups is 1. The quantitative estimate of drug-likeness (QED) is 0.469. The van der Waals surface area contributed by atoms with Crippen LogP contribution in [0.1, 0.15) is 6.92 Å². The van der Waals surface area contributed by atoms with Crippen molar-refractivity contribution in [1.82, 2.24) is 5.32 Å². The summed E-state index contributed by atoms with van der Waals surface area (Å²) in [6.45, 7) is 2.69. The summed E-state index contributed by atoms with van der Waals surface area (Å²) in [7, 11) is 1.57. The summed E-state index contributed by atoms with van der Waals surface area (Å²) in [6, 6.07) is 4.25. The average molecular weight is 272 g/mol. The van der Waals surface area contributed by atoms with Crippen molar-refractivity contribution in [1.29, 1.82) is 0 Å². The Balaban J connectivity index is 2.52. The molecule has 0 saturated heterocycles. The molecule has 6 heteroatoms. The van der Waals surface area contributed by atoms with Crippen molar-refractivity contribution >= 4 is 23.4 Å². The maximum Gasteiger partial charge on any atom is 0.233 e. The third kappa shape index (κ3) is 4.93. The molecule has 1 aromatic carbocycles. The molecule has 1 amide bonds. The molecule has 100 valence electrons. The molecular formula is C12H17FN2O2S.